The van der Waals surface area contributed by atoms with Crippen LogP contribution in [0.2, 0.25) is 0 Å². The quantitative estimate of drug-likeness (QED) is 0.0463. The summed E-state index contributed by atoms with van der Waals surface area (Å²) in [4.78, 5) is 151. The predicted octanol–water partition coefficient (Wildman–Crippen LogP) is 14.5. The van der Waals surface area contributed by atoms with Gasteiger partial charge in [-0.3, -0.25) is 0 Å². The van der Waals surface area contributed by atoms with Crippen LogP contribution in [0.15, 0.2) is 99.2 Å². The van der Waals surface area contributed by atoms with Crippen LogP contribution < -0.4 is 17.7 Å². The number of aliphatic carboxylic acids is 4. The molecule has 0 amide bonds. The van der Waals surface area contributed by atoms with E-state index in [1.165, 1.54) is 0 Å². The molecule has 4 aromatic rings. The van der Waals surface area contributed by atoms with Crippen molar-refractivity contribution in [3.8, 4) is 23.0 Å². The molecule has 116 heavy (non-hydrogen) atoms. The number of benzene rings is 4. The van der Waals surface area contributed by atoms with Gasteiger partial charge in [-0.1, -0.05) is 324 Å². The molecule has 0 aliphatic rings. The van der Waals surface area contributed by atoms with Gasteiger partial charge in [0.1, 0.15) is 23.0 Å². The van der Waals surface area contributed by atoms with Gasteiger partial charge in [-0.2, -0.15) is 0 Å². The Bertz CT molecular complexity index is 3170. The summed E-state index contributed by atoms with van der Waals surface area (Å²) in [6.45, 7) is 86.6. The minimum absolute atomic E-state index is 0. The van der Waals surface area contributed by atoms with Crippen molar-refractivity contribution < 1.29 is 202 Å². The second kappa shape index (κ2) is 47.7. The Balaban J connectivity index is -0.000000204. The van der Waals surface area contributed by atoms with E-state index >= 15 is 0 Å². The van der Waals surface area contributed by atoms with Gasteiger partial charge >= 0.3 is 60.1 Å². The number of rotatable bonds is 12. The maximum atomic E-state index is 9.51. The minimum Gasteiger partial charge on any atom is -0.480 e. The third kappa shape index (κ3) is 51.2. The van der Waals surface area contributed by atoms with Gasteiger partial charge in [-0.05, 0) is 132 Å². The summed E-state index contributed by atoms with van der Waals surface area (Å²) in [5.74, 6) is -2.38. The Kier molecular flexibility index (Phi) is 52.5. The molecule has 32 heteroatoms. The second-order valence-electron chi connectivity index (χ2n) is 39.5. The van der Waals surface area contributed by atoms with Crippen molar-refractivity contribution in [3.63, 3.8) is 0 Å². The summed E-state index contributed by atoms with van der Waals surface area (Å²) >= 11 is 0. The smallest absolute Gasteiger partial charge is 0.480 e. The van der Waals surface area contributed by atoms with E-state index in [0.29, 0.717) is 23.0 Å². The van der Waals surface area contributed by atoms with E-state index in [1.807, 2.05) is 215 Å². The van der Waals surface area contributed by atoms with Crippen LogP contribution in [-0.2, 0) is 171 Å². The maximum absolute atomic E-state index is 9.51. The first-order chi connectivity index (χ1) is 48.8. The van der Waals surface area contributed by atoms with Crippen LogP contribution in [0.5, 0.6) is 23.0 Å². The Hall–Kier alpha value is -3.84. The predicted molar refractivity (Wildman–Crippen MR) is 454 cm³/mol. The van der Waals surface area contributed by atoms with Crippen molar-refractivity contribution in [1.29, 1.82) is 0 Å². The molecule has 16 N–H and O–H groups in total. The molecule has 0 heterocycles. The molecular formula is C84H144O24Si4Ti4. The topological polar surface area (TPSA) is 429 Å². The average Bonchev–Trinajstić information content (AvgIpc) is 0.780. The first-order valence-corrected chi connectivity index (χ1v) is 43.4. The first kappa shape index (κ1) is 128. The Morgan fingerprint density at radius 2 is 0.302 bits per heavy atom. The van der Waals surface area contributed by atoms with E-state index in [2.05, 4.69) is 109 Å². The normalized spacial score (nSPS) is 12.3. The fourth-order valence-electron chi connectivity index (χ4n) is 9.69. The molecule has 4 rings (SSSR count). The molecule has 0 saturated heterocycles. The van der Waals surface area contributed by atoms with Crippen molar-refractivity contribution in [3.05, 3.63) is 166 Å². The van der Waals surface area contributed by atoms with Gasteiger partial charge in [0, 0.05) is 111 Å². The second-order valence-corrected chi connectivity index (χ2v) is 44.9. The number of carboxylic acid groups (broad SMARTS) is 4. The van der Waals surface area contributed by atoms with Crippen molar-refractivity contribution in [2.45, 2.75) is 314 Å². The molecule has 0 atom stereocenters. The third-order valence-corrected chi connectivity index (χ3v) is 17.9. The van der Waals surface area contributed by atoms with Crippen molar-refractivity contribution >= 4 is 60.1 Å². The SMILES string of the molecule is C=CC(=O)O.C=CC(=O)O.C=CC(=O)O.C=CC(=O)O.CC(C)(C)c1cc(C(C)(C)C)c(O[Si](O)(O)O)c(C(C)(C)C)c1.CC(C)(C)c1cc(C(C)(C)C)c(O[Si](O)(O)O)c(C(C)(C)C)c1.CC(C)(C)c1cc(C(C)(C)C)c(O[Si](O)(O)O)c(C(C)(C)C)c1.CC(C)(C)c1cc(C(C)(C)C)c(O[Si](O)(O)O)c(C(C)(C)C)c1.[Ti].[Ti].[Ti].[Ti]. The standard InChI is InChI=1S/4C18H32O4Si.4C3H4O2.4Ti/c4*1-16(2,3)12-10-13(17(4,5)6)15(22-23(19,20)21)14(11-12)18(7,8)9;4*1-2-3(4)5;;;;/h4*10-11,19-21H,1-9H3;4*2H,1H2,(H,4,5);;;;. The van der Waals surface area contributed by atoms with Gasteiger partial charge in [-0.25, -0.2) is 19.2 Å². The van der Waals surface area contributed by atoms with Crippen LogP contribution in [0.1, 0.15) is 316 Å². The van der Waals surface area contributed by atoms with Crippen LogP contribution in [0.3, 0.4) is 0 Å². The molecular weight excluding hydrogens is 1700 g/mol. The largest absolute Gasteiger partial charge is 0.741 e. The molecule has 656 valence electrons. The van der Waals surface area contributed by atoms with Gasteiger partial charge in [0.2, 0.25) is 0 Å². The van der Waals surface area contributed by atoms with Crippen LogP contribution in [0, 0.1) is 0 Å². The molecule has 0 radical (unpaired) electrons. The summed E-state index contributed by atoms with van der Waals surface area (Å²) in [5, 5.41) is 30.4. The fraction of sp³-hybridized carbons (Fsp3) is 0.571. The van der Waals surface area contributed by atoms with Crippen molar-refractivity contribution in [2.75, 3.05) is 0 Å². The molecule has 0 saturated carbocycles. The fourth-order valence-corrected chi connectivity index (χ4v) is 11.7. The summed E-state index contributed by atoms with van der Waals surface area (Å²) in [5.41, 5.74) is 9.19. The molecule has 4 aromatic carbocycles. The number of hydrogen-bond donors (Lipinski definition) is 16. The molecule has 0 unspecified atom stereocenters. The van der Waals surface area contributed by atoms with Gasteiger partial charge in [0.15, 0.2) is 0 Å². The Labute approximate surface area is 758 Å². The minimum atomic E-state index is -4.68. The Morgan fingerprint density at radius 3 is 0.345 bits per heavy atom. The summed E-state index contributed by atoms with van der Waals surface area (Å²) in [6, 6.07) is 16.4. The molecule has 0 bridgehead atoms. The third-order valence-electron chi connectivity index (χ3n) is 15.9. The molecule has 24 nitrogen and oxygen atoms in total. The summed E-state index contributed by atoms with van der Waals surface area (Å²) in [6.07, 6.45) is 3.33. The monoisotopic (exact) mass is 1840 g/mol. The zero-order valence-electron chi connectivity index (χ0n) is 76.2. The number of carboxylic acids is 4. The van der Waals surface area contributed by atoms with Crippen molar-refractivity contribution in [2.24, 2.45) is 0 Å². The van der Waals surface area contributed by atoms with E-state index < -0.39 is 60.1 Å². The van der Waals surface area contributed by atoms with E-state index in [1.54, 1.807) is 0 Å². The first-order valence-electron chi connectivity index (χ1n) is 36.4. The van der Waals surface area contributed by atoms with Crippen LogP contribution in [0.25, 0.3) is 0 Å². The maximum Gasteiger partial charge on any atom is 0.741 e. The van der Waals surface area contributed by atoms with Crippen LogP contribution in [-0.4, -0.2) is 138 Å². The molecule has 0 aromatic heterocycles. The van der Waals surface area contributed by atoms with Crippen LogP contribution in [0.4, 0.5) is 0 Å². The molecule has 0 aliphatic heterocycles. The number of carbonyl (C=O) groups is 4. The summed E-state index contributed by atoms with van der Waals surface area (Å²) < 4.78 is 21.2. The van der Waals surface area contributed by atoms with E-state index in [9.17, 15) is 76.7 Å². The van der Waals surface area contributed by atoms with Gasteiger partial charge in [0.05, 0.1) is 0 Å². The zero-order chi connectivity index (χ0) is 90.9. The molecule has 0 fully saturated rings. The van der Waals surface area contributed by atoms with Crippen LogP contribution >= 0.6 is 0 Å². The van der Waals surface area contributed by atoms with E-state index in [0.717, 1.165) is 91.1 Å². The average molecular weight is 1840 g/mol. The van der Waals surface area contributed by atoms with Gasteiger partial charge < -0.3 is 95.7 Å². The van der Waals surface area contributed by atoms with Gasteiger partial charge in [-0.15, -0.1) is 0 Å². The van der Waals surface area contributed by atoms with Crippen molar-refractivity contribution in [1.82, 2.24) is 0 Å². The van der Waals surface area contributed by atoms with E-state index in [-0.39, 0.29) is 152 Å². The van der Waals surface area contributed by atoms with Gasteiger partial charge in [0.25, 0.3) is 0 Å². The molecule has 0 aliphatic carbocycles. The zero-order valence-corrected chi connectivity index (χ0v) is 86.4. The van der Waals surface area contributed by atoms with E-state index in [4.69, 9.17) is 38.1 Å². The number of hydrogen-bond acceptors (Lipinski definition) is 20. The summed E-state index contributed by atoms with van der Waals surface area (Å²) in [7, 11) is -18.7. The molecule has 0 spiro atoms. The Morgan fingerprint density at radius 1 is 0.224 bits per heavy atom.